The van der Waals surface area contributed by atoms with Crippen molar-refractivity contribution in [1.82, 2.24) is 4.58 Å². The van der Waals surface area contributed by atoms with Gasteiger partial charge in [0.15, 0.2) is 0 Å². The highest BCUT2D eigenvalue weighted by atomic mass is 32.2. The summed E-state index contributed by atoms with van der Waals surface area (Å²) in [6.07, 6.45) is 11.2. The van der Waals surface area contributed by atoms with Crippen LogP contribution in [0.4, 0.5) is 22.7 Å². The molecule has 0 saturated heterocycles. The largest absolute Gasteiger partial charge is 0.347 e. The minimum absolute atomic E-state index is 0.126. The first-order valence-electron chi connectivity index (χ1n) is 18.2. The van der Waals surface area contributed by atoms with E-state index in [0.717, 1.165) is 81.4 Å². The van der Waals surface area contributed by atoms with Crippen LogP contribution >= 0.6 is 0 Å². The molecule has 4 aromatic rings. The second kappa shape index (κ2) is 13.9. The van der Waals surface area contributed by atoms with E-state index in [0.29, 0.717) is 0 Å². The van der Waals surface area contributed by atoms with Crippen molar-refractivity contribution in [3.05, 3.63) is 155 Å². The van der Waals surface area contributed by atoms with Gasteiger partial charge in [0.2, 0.25) is 17.1 Å². The van der Waals surface area contributed by atoms with Crippen LogP contribution in [0.25, 0.3) is 0 Å². The molecule has 0 radical (unpaired) electrons. The Morgan fingerprint density at radius 2 is 0.964 bits per heavy atom. The molecule has 9 nitrogen and oxygen atoms in total. The molecule has 7 rings (SSSR count). The molecule has 0 amide bonds. The van der Waals surface area contributed by atoms with Gasteiger partial charge in [-0.15, -0.1) is 0 Å². The average Bonchev–Trinajstić information content (AvgIpc) is 3.46. The van der Waals surface area contributed by atoms with Crippen molar-refractivity contribution in [3.63, 3.8) is 0 Å². The maximum atomic E-state index is 12.1. The molecule has 2 N–H and O–H groups in total. The van der Waals surface area contributed by atoms with Crippen molar-refractivity contribution in [2.24, 2.45) is 0 Å². The quantitative estimate of drug-likeness (QED) is 0.147. The predicted octanol–water partition coefficient (Wildman–Crippen LogP) is 9.12. The fourth-order valence-corrected chi connectivity index (χ4v) is 9.41. The van der Waals surface area contributed by atoms with E-state index in [4.69, 9.17) is 0 Å². The van der Waals surface area contributed by atoms with Gasteiger partial charge in [0.25, 0.3) is 20.2 Å². The van der Waals surface area contributed by atoms with E-state index >= 15 is 0 Å². The molecule has 4 aromatic carbocycles. The monoisotopic (exact) mass is 776 g/mol. The standard InChI is InChI=1S/C44H45N3O6S2/c1-43(2)36-28-34(54(48,49)50)22-24-38(36)45(5)40(43)26-20-30-14-13-15-31(42(30)47(32-16-9-7-10-17-32)33-18-11-8-12-19-33)21-27-41-44(3,4)37-29-35(55(51,52)53)23-25-39(37)46(41)6/h7-12,16-29H,13-15H2,1-6H3,(H-,48,49,50,51,52,53)/p+1. The van der Waals surface area contributed by atoms with Crippen LogP contribution in [-0.4, -0.2) is 45.7 Å². The molecule has 3 aliphatic rings. The lowest BCUT2D eigenvalue weighted by atomic mass is 9.82. The van der Waals surface area contributed by atoms with Gasteiger partial charge in [0.05, 0.1) is 9.79 Å². The van der Waals surface area contributed by atoms with Crippen LogP contribution < -0.4 is 14.4 Å². The van der Waals surface area contributed by atoms with Crippen molar-refractivity contribution in [3.8, 4) is 0 Å². The zero-order valence-corrected chi connectivity index (χ0v) is 33.5. The van der Waals surface area contributed by atoms with Crippen molar-refractivity contribution in [2.45, 2.75) is 67.6 Å². The third-order valence-electron chi connectivity index (χ3n) is 11.2. The van der Waals surface area contributed by atoms with E-state index < -0.39 is 31.1 Å². The molecule has 0 bridgehead atoms. The van der Waals surface area contributed by atoms with Gasteiger partial charge >= 0.3 is 0 Å². The Hall–Kier alpha value is -5.07. The number of para-hydroxylation sites is 2. The molecule has 11 heteroatoms. The first-order chi connectivity index (χ1) is 25.9. The van der Waals surface area contributed by atoms with E-state index in [9.17, 15) is 25.9 Å². The summed E-state index contributed by atoms with van der Waals surface area (Å²) in [6.45, 7) is 8.25. The highest BCUT2D eigenvalue weighted by Gasteiger charge is 2.41. The number of hydrogen-bond donors (Lipinski definition) is 2. The van der Waals surface area contributed by atoms with Gasteiger partial charge in [-0.3, -0.25) is 9.11 Å². The Bertz CT molecular complexity index is 2410. The average molecular weight is 777 g/mol. The molecule has 0 unspecified atom stereocenters. The van der Waals surface area contributed by atoms with Gasteiger partial charge in [-0.2, -0.15) is 21.4 Å². The van der Waals surface area contributed by atoms with Crippen molar-refractivity contribution < 1.29 is 25.9 Å². The Labute approximate surface area is 324 Å². The summed E-state index contributed by atoms with van der Waals surface area (Å²) in [7, 11) is -4.78. The van der Waals surface area contributed by atoms with E-state index in [1.807, 2.05) is 50.5 Å². The molecular formula is C44H46N3O6S2+. The molecule has 2 aliphatic heterocycles. The highest BCUT2D eigenvalue weighted by Crippen LogP contribution is 2.49. The number of fused-ring (bicyclic) bond motifs is 2. The van der Waals surface area contributed by atoms with Crippen LogP contribution in [0.3, 0.4) is 0 Å². The van der Waals surface area contributed by atoms with E-state index in [-0.39, 0.29) is 9.79 Å². The summed E-state index contributed by atoms with van der Waals surface area (Å²) in [5.41, 5.74) is 9.61. The lowest BCUT2D eigenvalue weighted by Gasteiger charge is -2.25. The molecule has 1 saturated carbocycles. The maximum absolute atomic E-state index is 12.1. The summed E-state index contributed by atoms with van der Waals surface area (Å²) in [5.74, 6) is 0. The summed E-state index contributed by atoms with van der Waals surface area (Å²) >= 11 is 0. The maximum Gasteiger partial charge on any atom is 0.294 e. The Morgan fingerprint density at radius 1 is 0.582 bits per heavy atom. The van der Waals surface area contributed by atoms with E-state index in [1.54, 1.807) is 24.3 Å². The fraction of sp³-hybridized carbons (Fsp3) is 0.250. The number of likely N-dealkylation sites (N-methyl/N-ethyl adjacent to an activating group) is 2. The minimum atomic E-state index is -4.37. The van der Waals surface area contributed by atoms with Gasteiger partial charge in [0.1, 0.15) is 0 Å². The molecule has 1 aliphatic carbocycles. The second-order valence-electron chi connectivity index (χ2n) is 15.4. The fourth-order valence-electron chi connectivity index (χ4n) is 8.40. The number of anilines is 2. The first kappa shape index (κ1) is 38.2. The first-order valence-corrected chi connectivity index (χ1v) is 21.1. The summed E-state index contributed by atoms with van der Waals surface area (Å²) in [6, 6.07) is 30.1. The van der Waals surface area contributed by atoms with Gasteiger partial charge in [0, 0.05) is 83.1 Å². The molecule has 0 atom stereocenters. The number of allylic oxidation sites excluding steroid dienone is 8. The van der Waals surface area contributed by atoms with Crippen molar-refractivity contribution >= 4 is 48.7 Å². The Balaban J connectivity index is 1.41. The zero-order chi connectivity index (χ0) is 39.5. The Kier molecular flexibility index (Phi) is 9.66. The van der Waals surface area contributed by atoms with E-state index in [1.165, 1.54) is 12.1 Å². The summed E-state index contributed by atoms with van der Waals surface area (Å²) < 4.78 is 70.2. The predicted molar refractivity (Wildman–Crippen MR) is 221 cm³/mol. The summed E-state index contributed by atoms with van der Waals surface area (Å²) in [4.78, 5) is 3.91. The van der Waals surface area contributed by atoms with Crippen LogP contribution in [0.1, 0.15) is 58.1 Å². The third-order valence-corrected chi connectivity index (χ3v) is 12.9. The summed E-state index contributed by atoms with van der Waals surface area (Å²) in [5, 5.41) is 0. The van der Waals surface area contributed by atoms with Crippen LogP contribution in [0.15, 0.2) is 154 Å². The SMILES string of the molecule is CN1/C(=C\C=C2/CCC/C(=C\C=C3/N(C)c4ccc(S(=O)(=O)O)cc4C3(C)C)C2=[N+](c2ccccc2)c2ccccc2)C(C)(C)c2cc(S(=O)(=O)O)ccc21. The lowest BCUT2D eigenvalue weighted by Crippen LogP contribution is -2.26. The molecule has 2 heterocycles. The lowest BCUT2D eigenvalue weighted by molar-refractivity contribution is 0.480. The van der Waals surface area contributed by atoms with Crippen LogP contribution in [0.2, 0.25) is 0 Å². The molecule has 0 aromatic heterocycles. The molecular weight excluding hydrogens is 731 g/mol. The smallest absolute Gasteiger partial charge is 0.294 e. The highest BCUT2D eigenvalue weighted by molar-refractivity contribution is 7.86. The molecule has 0 spiro atoms. The van der Waals surface area contributed by atoms with Gasteiger partial charge < -0.3 is 9.80 Å². The number of rotatable bonds is 6. The third kappa shape index (κ3) is 6.90. The van der Waals surface area contributed by atoms with Crippen molar-refractivity contribution in [1.29, 1.82) is 0 Å². The molecule has 284 valence electrons. The van der Waals surface area contributed by atoms with Crippen LogP contribution in [0, 0.1) is 0 Å². The number of nitrogens with zero attached hydrogens (tertiary/aromatic N) is 3. The molecule has 55 heavy (non-hydrogen) atoms. The van der Waals surface area contributed by atoms with Gasteiger partial charge in [-0.1, -0.05) is 76.2 Å². The van der Waals surface area contributed by atoms with Crippen LogP contribution in [-0.2, 0) is 31.1 Å². The van der Waals surface area contributed by atoms with Gasteiger partial charge in [-0.05, 0) is 78.9 Å². The van der Waals surface area contributed by atoms with Gasteiger partial charge in [-0.25, -0.2) is 0 Å². The normalized spacial score (nSPS) is 20.8. The zero-order valence-electron chi connectivity index (χ0n) is 31.9. The minimum Gasteiger partial charge on any atom is -0.347 e. The van der Waals surface area contributed by atoms with Crippen LogP contribution in [0.5, 0.6) is 0 Å². The number of benzene rings is 4. The van der Waals surface area contributed by atoms with Crippen molar-refractivity contribution in [2.75, 3.05) is 23.9 Å². The second-order valence-corrected chi connectivity index (χ2v) is 18.2. The Morgan fingerprint density at radius 3 is 1.33 bits per heavy atom. The topological polar surface area (TPSA) is 118 Å². The molecule has 1 fully saturated rings. The van der Waals surface area contributed by atoms with E-state index in [2.05, 4.69) is 90.6 Å². The number of hydrogen-bond acceptors (Lipinski definition) is 6.